The second-order valence-corrected chi connectivity index (χ2v) is 7.39. The molecule has 2 aromatic carbocycles. The molecule has 33 heavy (non-hydrogen) atoms. The van der Waals surface area contributed by atoms with Gasteiger partial charge in [0.1, 0.15) is 0 Å². The Labute approximate surface area is 200 Å². The van der Waals surface area contributed by atoms with Crippen molar-refractivity contribution in [2.24, 2.45) is 10.7 Å². The van der Waals surface area contributed by atoms with E-state index in [1.165, 1.54) is 0 Å². The fourth-order valence-corrected chi connectivity index (χ4v) is 3.61. The van der Waals surface area contributed by atoms with Crippen LogP contribution in [0.4, 0.5) is 0 Å². The van der Waals surface area contributed by atoms with Gasteiger partial charge in [0.25, 0.3) is 5.91 Å². The molecule has 0 saturated carbocycles. The first-order chi connectivity index (χ1) is 15.5. The largest absolute Gasteiger partial charge is 0.493 e. The highest BCUT2D eigenvalue weighted by molar-refractivity contribution is 6.05. The van der Waals surface area contributed by atoms with Gasteiger partial charge < -0.3 is 19.9 Å². The van der Waals surface area contributed by atoms with Crippen LogP contribution < -0.4 is 25.3 Å². The summed E-state index contributed by atoms with van der Waals surface area (Å²) in [6, 6.07) is 12.8. The highest BCUT2D eigenvalue weighted by Gasteiger charge is 2.21. The monoisotopic (exact) mass is 477 g/mol. The van der Waals surface area contributed by atoms with Crippen molar-refractivity contribution in [3.8, 4) is 17.2 Å². The number of carbonyl (C=O) groups is 1. The molecule has 2 aromatic rings. The van der Waals surface area contributed by atoms with Crippen LogP contribution >= 0.6 is 12.4 Å². The summed E-state index contributed by atoms with van der Waals surface area (Å²) < 4.78 is 16.4. The molecule has 0 spiro atoms. The zero-order chi connectivity index (χ0) is 22.9. The molecule has 9 nitrogen and oxygen atoms in total. The van der Waals surface area contributed by atoms with Crippen LogP contribution in [0.3, 0.4) is 0 Å². The molecule has 1 fully saturated rings. The first kappa shape index (κ1) is 26.2. The number of nitrogens with one attached hydrogen (secondary N) is 1. The first-order valence-corrected chi connectivity index (χ1v) is 10.4. The van der Waals surface area contributed by atoms with Crippen LogP contribution in [-0.4, -0.2) is 75.8 Å². The molecule has 0 radical (unpaired) electrons. The van der Waals surface area contributed by atoms with Crippen molar-refractivity contribution in [1.29, 1.82) is 0 Å². The number of ether oxygens (including phenoxy) is 3. The van der Waals surface area contributed by atoms with Crippen molar-refractivity contribution in [2.75, 3.05) is 54.2 Å². The van der Waals surface area contributed by atoms with Gasteiger partial charge in [-0.2, -0.15) is 0 Å². The topological polar surface area (TPSA) is 102 Å². The minimum atomic E-state index is -0.263. The van der Waals surface area contributed by atoms with E-state index in [4.69, 9.17) is 19.9 Å². The number of methoxy groups -OCH3 is 3. The van der Waals surface area contributed by atoms with E-state index >= 15 is 0 Å². The van der Waals surface area contributed by atoms with Crippen molar-refractivity contribution < 1.29 is 19.0 Å². The van der Waals surface area contributed by atoms with Crippen molar-refractivity contribution in [3.05, 3.63) is 53.6 Å². The van der Waals surface area contributed by atoms with Crippen molar-refractivity contribution in [3.63, 3.8) is 0 Å². The standard InChI is InChI=1S/C23H31N5O4.ClH/c1-30-19-10-9-18(20(31-2)21(19)32-3)15-27-11-13-28(14-12-27)16-25-23(24)26-22(29)17-7-5-4-6-8-17;/h4-10H,11-16H2,1-3H3,(H3,24,25,26,29);1H. The van der Waals surface area contributed by atoms with E-state index in [-0.39, 0.29) is 24.3 Å². The number of guanidine groups is 1. The third kappa shape index (κ3) is 6.98. The van der Waals surface area contributed by atoms with Gasteiger partial charge in [-0.15, -0.1) is 12.4 Å². The maximum Gasteiger partial charge on any atom is 0.257 e. The molecule has 0 aliphatic carbocycles. The summed E-state index contributed by atoms with van der Waals surface area (Å²) in [5.74, 6) is 1.80. The number of hydrogen-bond donors (Lipinski definition) is 2. The molecule has 0 unspecified atom stereocenters. The molecule has 1 amide bonds. The normalized spacial score (nSPS) is 14.8. The predicted molar refractivity (Wildman–Crippen MR) is 131 cm³/mol. The Morgan fingerprint density at radius 2 is 1.58 bits per heavy atom. The highest BCUT2D eigenvalue weighted by Crippen LogP contribution is 2.40. The molecule has 1 aliphatic heterocycles. The summed E-state index contributed by atoms with van der Waals surface area (Å²) >= 11 is 0. The second-order valence-electron chi connectivity index (χ2n) is 7.39. The van der Waals surface area contributed by atoms with Crippen LogP contribution in [0.25, 0.3) is 0 Å². The number of hydrogen-bond acceptors (Lipinski definition) is 7. The number of amides is 1. The number of nitrogens with two attached hydrogens (primary N) is 1. The quantitative estimate of drug-likeness (QED) is 0.442. The van der Waals surface area contributed by atoms with Crippen molar-refractivity contribution in [1.82, 2.24) is 15.1 Å². The number of benzene rings is 2. The van der Waals surface area contributed by atoms with Crippen LogP contribution in [-0.2, 0) is 6.54 Å². The van der Waals surface area contributed by atoms with Gasteiger partial charge in [-0.05, 0) is 18.2 Å². The Morgan fingerprint density at radius 1 is 0.939 bits per heavy atom. The Morgan fingerprint density at radius 3 is 2.18 bits per heavy atom. The van der Waals surface area contributed by atoms with E-state index in [0.29, 0.717) is 29.5 Å². The summed E-state index contributed by atoms with van der Waals surface area (Å²) in [5, 5.41) is 2.63. The average molecular weight is 478 g/mol. The third-order valence-corrected chi connectivity index (χ3v) is 5.36. The molecule has 0 bridgehead atoms. The Hall–Kier alpha value is -3.01. The van der Waals surface area contributed by atoms with Gasteiger partial charge in [-0.3, -0.25) is 19.9 Å². The summed E-state index contributed by atoms with van der Waals surface area (Å²) in [7, 11) is 4.85. The van der Waals surface area contributed by atoms with Gasteiger partial charge in [-0.25, -0.2) is 4.99 Å². The molecule has 3 N–H and O–H groups in total. The van der Waals surface area contributed by atoms with Crippen LogP contribution in [0, 0.1) is 0 Å². The Bertz CT molecular complexity index is 934. The molecule has 1 saturated heterocycles. The SMILES string of the molecule is COc1ccc(CN2CCN(CN=C(N)NC(=O)c3ccccc3)CC2)c(OC)c1OC.Cl. The minimum Gasteiger partial charge on any atom is -0.493 e. The maximum absolute atomic E-state index is 12.1. The molecule has 180 valence electrons. The predicted octanol–water partition coefficient (Wildman–Crippen LogP) is 1.95. The van der Waals surface area contributed by atoms with Gasteiger partial charge in [0, 0.05) is 43.9 Å². The highest BCUT2D eigenvalue weighted by atomic mass is 35.5. The van der Waals surface area contributed by atoms with Crippen molar-refractivity contribution in [2.45, 2.75) is 6.54 Å². The van der Waals surface area contributed by atoms with E-state index in [0.717, 1.165) is 38.3 Å². The fourth-order valence-electron chi connectivity index (χ4n) is 3.61. The summed E-state index contributed by atoms with van der Waals surface area (Å²) in [6.45, 7) is 4.63. The molecular weight excluding hydrogens is 446 g/mol. The number of rotatable bonds is 8. The number of aliphatic imine (C=N–C) groups is 1. The van der Waals surface area contributed by atoms with E-state index in [2.05, 4.69) is 20.1 Å². The molecular formula is C23H32ClN5O4. The molecule has 1 aliphatic rings. The third-order valence-electron chi connectivity index (χ3n) is 5.36. The first-order valence-electron chi connectivity index (χ1n) is 10.4. The zero-order valence-electron chi connectivity index (χ0n) is 19.2. The van der Waals surface area contributed by atoms with E-state index < -0.39 is 0 Å². The molecule has 0 aromatic heterocycles. The number of halogens is 1. The number of nitrogens with zero attached hydrogens (tertiary/aromatic N) is 3. The van der Waals surface area contributed by atoms with Gasteiger partial charge >= 0.3 is 0 Å². The lowest BCUT2D eigenvalue weighted by Gasteiger charge is -2.34. The molecule has 0 atom stereocenters. The smallest absolute Gasteiger partial charge is 0.257 e. The summed E-state index contributed by atoms with van der Waals surface area (Å²) in [5.41, 5.74) is 7.48. The van der Waals surface area contributed by atoms with Crippen LogP contribution in [0.5, 0.6) is 17.2 Å². The lowest BCUT2D eigenvalue weighted by molar-refractivity contribution is 0.0976. The van der Waals surface area contributed by atoms with E-state index in [1.54, 1.807) is 45.6 Å². The Balaban J connectivity index is 0.00000385. The lowest BCUT2D eigenvalue weighted by atomic mass is 10.1. The van der Waals surface area contributed by atoms with Gasteiger partial charge in [0.15, 0.2) is 17.5 Å². The van der Waals surface area contributed by atoms with E-state index in [1.807, 2.05) is 18.2 Å². The fraction of sp³-hybridized carbons (Fsp3) is 0.391. The Kier molecular flexibility index (Phi) is 10.2. The summed E-state index contributed by atoms with van der Waals surface area (Å²) in [6.07, 6.45) is 0. The maximum atomic E-state index is 12.1. The van der Waals surface area contributed by atoms with Crippen LogP contribution in [0.2, 0.25) is 0 Å². The minimum absolute atomic E-state index is 0. The lowest BCUT2D eigenvalue weighted by Crippen LogP contribution is -2.46. The van der Waals surface area contributed by atoms with Crippen LogP contribution in [0.1, 0.15) is 15.9 Å². The molecule has 1 heterocycles. The van der Waals surface area contributed by atoms with Crippen molar-refractivity contribution >= 4 is 24.3 Å². The number of piperazine rings is 1. The molecule has 10 heteroatoms. The van der Waals surface area contributed by atoms with Gasteiger partial charge in [0.2, 0.25) is 5.75 Å². The van der Waals surface area contributed by atoms with Gasteiger partial charge in [0.05, 0.1) is 28.0 Å². The molecule has 3 rings (SSSR count). The van der Waals surface area contributed by atoms with Crippen LogP contribution in [0.15, 0.2) is 47.5 Å². The average Bonchev–Trinajstić information content (AvgIpc) is 2.83. The van der Waals surface area contributed by atoms with Gasteiger partial charge in [-0.1, -0.05) is 24.3 Å². The summed E-state index contributed by atoms with van der Waals surface area (Å²) in [4.78, 5) is 21.0. The zero-order valence-corrected chi connectivity index (χ0v) is 20.1. The second kappa shape index (κ2) is 12.9. The van der Waals surface area contributed by atoms with E-state index in [9.17, 15) is 4.79 Å². The number of carbonyl (C=O) groups excluding carboxylic acids is 1.